The summed E-state index contributed by atoms with van der Waals surface area (Å²) in [5.41, 5.74) is 0.231. The van der Waals surface area contributed by atoms with Crippen LogP contribution in [0.3, 0.4) is 0 Å². The molecule has 0 saturated heterocycles. The van der Waals surface area contributed by atoms with Crippen LogP contribution in [0.4, 0.5) is 0 Å². The summed E-state index contributed by atoms with van der Waals surface area (Å²) in [6.07, 6.45) is 0. The summed E-state index contributed by atoms with van der Waals surface area (Å²) >= 11 is 0. The Balaban J connectivity index is 2.18. The smallest absolute Gasteiger partial charge is 0.339 e. The topological polar surface area (TPSA) is 83.8 Å². The van der Waals surface area contributed by atoms with E-state index in [0.29, 0.717) is 11.3 Å². The van der Waals surface area contributed by atoms with Crippen LogP contribution < -0.4 is 4.74 Å². The number of carboxylic acid groups (broad SMARTS) is 1. The molecule has 0 radical (unpaired) electrons. The van der Waals surface area contributed by atoms with E-state index in [9.17, 15) is 14.7 Å². The van der Waals surface area contributed by atoms with Crippen LogP contribution in [0.15, 0.2) is 42.5 Å². The van der Waals surface area contributed by atoms with Crippen molar-refractivity contribution in [3.63, 3.8) is 0 Å². The van der Waals surface area contributed by atoms with E-state index in [1.165, 1.54) is 13.0 Å². The standard InChI is InChI=1S/C16H14O5/c1-10-7-11(8-13(15(10)18)16(19)20)14(17)9-21-12-5-3-2-4-6-12/h2-8,18H,9H2,1H3,(H,19,20). The van der Waals surface area contributed by atoms with Crippen LogP contribution in [0.2, 0.25) is 0 Å². The molecule has 2 N–H and O–H groups in total. The van der Waals surface area contributed by atoms with Crippen molar-refractivity contribution in [2.24, 2.45) is 0 Å². The first kappa shape index (κ1) is 14.6. The van der Waals surface area contributed by atoms with Gasteiger partial charge < -0.3 is 14.9 Å². The number of aromatic carboxylic acids is 1. The zero-order chi connectivity index (χ0) is 15.4. The van der Waals surface area contributed by atoms with Gasteiger partial charge in [-0.15, -0.1) is 0 Å². The summed E-state index contributed by atoms with van der Waals surface area (Å²) in [6.45, 7) is 1.34. The Kier molecular flexibility index (Phi) is 4.23. The van der Waals surface area contributed by atoms with Crippen molar-refractivity contribution in [2.75, 3.05) is 6.61 Å². The molecule has 0 fully saturated rings. The largest absolute Gasteiger partial charge is 0.507 e. The molecule has 0 saturated carbocycles. The van der Waals surface area contributed by atoms with Crippen LogP contribution in [0, 0.1) is 6.92 Å². The number of para-hydroxylation sites is 1. The van der Waals surface area contributed by atoms with Gasteiger partial charge >= 0.3 is 5.97 Å². The van der Waals surface area contributed by atoms with Crippen LogP contribution in [-0.2, 0) is 0 Å². The van der Waals surface area contributed by atoms with Gasteiger partial charge in [0.2, 0.25) is 0 Å². The van der Waals surface area contributed by atoms with Crippen LogP contribution in [0.25, 0.3) is 0 Å². The average Bonchev–Trinajstić information content (AvgIpc) is 2.48. The third-order valence-corrected chi connectivity index (χ3v) is 2.97. The Morgan fingerprint density at radius 2 is 1.81 bits per heavy atom. The summed E-state index contributed by atoms with van der Waals surface area (Å²) < 4.78 is 5.33. The Morgan fingerprint density at radius 3 is 2.43 bits per heavy atom. The van der Waals surface area contributed by atoms with Crippen molar-refractivity contribution in [1.29, 1.82) is 0 Å². The van der Waals surface area contributed by atoms with Crippen molar-refractivity contribution < 1.29 is 24.5 Å². The number of carbonyl (C=O) groups excluding carboxylic acids is 1. The van der Waals surface area contributed by atoms with E-state index in [-0.39, 0.29) is 29.3 Å². The molecule has 0 aliphatic heterocycles. The molecule has 5 nitrogen and oxygen atoms in total. The number of aryl methyl sites for hydroxylation is 1. The second-order valence-corrected chi connectivity index (χ2v) is 4.52. The predicted octanol–water partition coefficient (Wildman–Crippen LogP) is 2.66. The lowest BCUT2D eigenvalue weighted by molar-refractivity contribution is 0.0693. The molecule has 2 rings (SSSR count). The van der Waals surface area contributed by atoms with E-state index in [0.717, 1.165) is 6.07 Å². The molecule has 21 heavy (non-hydrogen) atoms. The maximum Gasteiger partial charge on any atom is 0.339 e. The fraction of sp³-hybridized carbons (Fsp3) is 0.125. The molecule has 0 atom stereocenters. The number of phenols is 1. The molecular weight excluding hydrogens is 272 g/mol. The highest BCUT2D eigenvalue weighted by atomic mass is 16.5. The summed E-state index contributed by atoms with van der Waals surface area (Å²) in [5.74, 6) is -1.42. The van der Waals surface area contributed by atoms with Gasteiger partial charge in [0.15, 0.2) is 12.4 Å². The molecule has 2 aromatic rings. The summed E-state index contributed by atoms with van der Waals surface area (Å²) in [5, 5.41) is 18.7. The van der Waals surface area contributed by atoms with E-state index < -0.39 is 5.97 Å². The molecule has 0 aliphatic carbocycles. The number of carbonyl (C=O) groups is 2. The van der Waals surface area contributed by atoms with Crippen molar-refractivity contribution in [2.45, 2.75) is 6.92 Å². The number of carboxylic acids is 1. The van der Waals surface area contributed by atoms with Gasteiger partial charge in [0, 0.05) is 5.56 Å². The molecule has 0 bridgehead atoms. The van der Waals surface area contributed by atoms with E-state index in [4.69, 9.17) is 9.84 Å². The van der Waals surface area contributed by atoms with E-state index in [1.54, 1.807) is 24.3 Å². The maximum atomic E-state index is 12.1. The quantitative estimate of drug-likeness (QED) is 0.825. The highest BCUT2D eigenvalue weighted by Gasteiger charge is 2.17. The molecular formula is C16H14O5. The fourth-order valence-electron chi connectivity index (χ4n) is 1.85. The lowest BCUT2D eigenvalue weighted by Gasteiger charge is -2.08. The molecule has 0 aliphatic rings. The Bertz CT molecular complexity index is 677. The SMILES string of the molecule is Cc1cc(C(=O)COc2ccccc2)cc(C(=O)O)c1O. The summed E-state index contributed by atoms with van der Waals surface area (Å²) in [6, 6.07) is 11.4. The van der Waals surface area contributed by atoms with Crippen LogP contribution in [0.1, 0.15) is 26.3 Å². The number of benzene rings is 2. The number of Topliss-reactive ketones (excluding diaryl/α,β-unsaturated/α-hetero) is 1. The van der Waals surface area contributed by atoms with Gasteiger partial charge in [0.1, 0.15) is 17.1 Å². The summed E-state index contributed by atoms with van der Waals surface area (Å²) in [4.78, 5) is 23.1. The Labute approximate surface area is 121 Å². The molecule has 0 aromatic heterocycles. The summed E-state index contributed by atoms with van der Waals surface area (Å²) in [7, 11) is 0. The Hall–Kier alpha value is -2.82. The zero-order valence-corrected chi connectivity index (χ0v) is 11.4. The number of hydrogen-bond acceptors (Lipinski definition) is 4. The molecule has 5 heteroatoms. The number of hydrogen-bond donors (Lipinski definition) is 2. The van der Waals surface area contributed by atoms with Crippen molar-refractivity contribution >= 4 is 11.8 Å². The zero-order valence-electron chi connectivity index (χ0n) is 11.4. The minimum atomic E-state index is -1.28. The van der Waals surface area contributed by atoms with Crippen molar-refractivity contribution in [3.05, 3.63) is 59.2 Å². The van der Waals surface area contributed by atoms with Crippen LogP contribution >= 0.6 is 0 Å². The maximum absolute atomic E-state index is 12.1. The van der Waals surface area contributed by atoms with E-state index >= 15 is 0 Å². The van der Waals surface area contributed by atoms with Gasteiger partial charge in [-0.1, -0.05) is 18.2 Å². The minimum Gasteiger partial charge on any atom is -0.507 e. The van der Waals surface area contributed by atoms with Gasteiger partial charge in [-0.2, -0.15) is 0 Å². The molecule has 0 amide bonds. The predicted molar refractivity (Wildman–Crippen MR) is 76.1 cm³/mol. The van der Waals surface area contributed by atoms with Crippen LogP contribution in [-0.4, -0.2) is 28.6 Å². The molecule has 2 aromatic carbocycles. The first-order valence-corrected chi connectivity index (χ1v) is 6.27. The van der Waals surface area contributed by atoms with Crippen molar-refractivity contribution in [1.82, 2.24) is 0 Å². The molecule has 0 unspecified atom stereocenters. The normalized spacial score (nSPS) is 10.1. The second-order valence-electron chi connectivity index (χ2n) is 4.52. The number of rotatable bonds is 5. The Morgan fingerprint density at radius 1 is 1.14 bits per heavy atom. The molecule has 0 heterocycles. The van der Waals surface area contributed by atoms with Gasteiger partial charge in [-0.05, 0) is 36.8 Å². The van der Waals surface area contributed by atoms with E-state index in [2.05, 4.69) is 0 Å². The third kappa shape index (κ3) is 3.39. The number of ketones is 1. The second kappa shape index (κ2) is 6.09. The highest BCUT2D eigenvalue weighted by Crippen LogP contribution is 2.24. The number of ether oxygens (including phenoxy) is 1. The number of aromatic hydroxyl groups is 1. The van der Waals surface area contributed by atoms with Gasteiger partial charge in [-0.3, -0.25) is 4.79 Å². The van der Waals surface area contributed by atoms with Crippen LogP contribution in [0.5, 0.6) is 11.5 Å². The average molecular weight is 286 g/mol. The lowest BCUT2D eigenvalue weighted by atomic mass is 10.0. The van der Waals surface area contributed by atoms with E-state index in [1.807, 2.05) is 6.07 Å². The van der Waals surface area contributed by atoms with Crippen molar-refractivity contribution in [3.8, 4) is 11.5 Å². The van der Waals surface area contributed by atoms with Gasteiger partial charge in [0.25, 0.3) is 0 Å². The highest BCUT2D eigenvalue weighted by molar-refractivity contribution is 6.01. The fourth-order valence-corrected chi connectivity index (χ4v) is 1.85. The molecule has 0 spiro atoms. The first-order chi connectivity index (χ1) is 9.99. The van der Waals surface area contributed by atoms with Gasteiger partial charge in [0.05, 0.1) is 0 Å². The lowest BCUT2D eigenvalue weighted by Crippen LogP contribution is -2.13. The first-order valence-electron chi connectivity index (χ1n) is 6.27. The van der Waals surface area contributed by atoms with Gasteiger partial charge in [-0.25, -0.2) is 4.79 Å². The minimum absolute atomic E-state index is 0.193. The molecule has 108 valence electrons. The monoisotopic (exact) mass is 286 g/mol. The third-order valence-electron chi connectivity index (χ3n) is 2.97.